The summed E-state index contributed by atoms with van der Waals surface area (Å²) >= 11 is 0. The summed E-state index contributed by atoms with van der Waals surface area (Å²) in [6.07, 6.45) is 10.5. The Kier molecular flexibility index (Phi) is 5.92. The Morgan fingerprint density at radius 3 is 2.72 bits per heavy atom. The number of rotatable bonds is 5. The van der Waals surface area contributed by atoms with E-state index in [0.717, 1.165) is 62.9 Å². The molecule has 2 aliphatic rings. The fourth-order valence-electron chi connectivity index (χ4n) is 4.48. The van der Waals surface area contributed by atoms with E-state index in [-0.39, 0.29) is 17.9 Å². The molecule has 0 aromatic carbocycles. The number of fused-ring (bicyclic) bond motifs is 1. The minimum absolute atomic E-state index is 0.00427. The van der Waals surface area contributed by atoms with Gasteiger partial charge in [-0.15, -0.1) is 0 Å². The molecule has 4 heterocycles. The molecule has 2 amide bonds. The lowest BCUT2D eigenvalue weighted by Gasteiger charge is -2.35. The van der Waals surface area contributed by atoms with Crippen LogP contribution in [0.2, 0.25) is 0 Å². The van der Waals surface area contributed by atoms with Crippen LogP contribution in [0.3, 0.4) is 0 Å². The molecule has 0 saturated carbocycles. The fraction of sp³-hybridized carbons (Fsp3) is 0.545. The summed E-state index contributed by atoms with van der Waals surface area (Å²) < 4.78 is 1.96. The Balaban J connectivity index is 1.58. The van der Waals surface area contributed by atoms with Crippen LogP contribution in [0.15, 0.2) is 24.5 Å². The fourth-order valence-corrected chi connectivity index (χ4v) is 4.48. The van der Waals surface area contributed by atoms with Gasteiger partial charge in [-0.2, -0.15) is 0 Å². The van der Waals surface area contributed by atoms with Crippen molar-refractivity contribution in [2.24, 2.45) is 0 Å². The van der Waals surface area contributed by atoms with Gasteiger partial charge in [-0.3, -0.25) is 14.6 Å². The second-order valence-corrected chi connectivity index (χ2v) is 7.93. The molecule has 1 atom stereocenters. The molecule has 0 radical (unpaired) electrons. The van der Waals surface area contributed by atoms with Gasteiger partial charge in [0.05, 0.1) is 5.69 Å². The molecule has 2 aliphatic heterocycles. The van der Waals surface area contributed by atoms with Crippen molar-refractivity contribution in [1.29, 1.82) is 0 Å². The largest absolute Gasteiger partial charge is 0.345 e. The summed E-state index contributed by atoms with van der Waals surface area (Å²) in [5.74, 6) is 0.132. The molecule has 0 spiro atoms. The lowest BCUT2D eigenvalue weighted by molar-refractivity contribution is 0.0600. The third-order valence-electron chi connectivity index (χ3n) is 6.09. The number of carbonyl (C=O) groups excluding carboxylic acids is 2. The summed E-state index contributed by atoms with van der Waals surface area (Å²) in [5.41, 5.74) is 2.39. The van der Waals surface area contributed by atoms with Crippen LogP contribution in [0.1, 0.15) is 77.8 Å². The van der Waals surface area contributed by atoms with Crippen LogP contribution in [0, 0.1) is 0 Å². The molecule has 2 aromatic heterocycles. The number of nitrogens with one attached hydrogen (secondary N) is 1. The number of piperidine rings is 1. The Morgan fingerprint density at radius 2 is 1.93 bits per heavy atom. The minimum atomic E-state index is -0.227. The van der Waals surface area contributed by atoms with Crippen LogP contribution in [0.5, 0.6) is 0 Å². The molecule has 0 bridgehead atoms. The Bertz CT molecular complexity index is 877. The maximum Gasteiger partial charge on any atom is 0.287 e. The monoisotopic (exact) mass is 395 g/mol. The molecule has 29 heavy (non-hydrogen) atoms. The average Bonchev–Trinajstić information content (AvgIpc) is 3.17. The van der Waals surface area contributed by atoms with Crippen LogP contribution >= 0.6 is 0 Å². The first-order chi connectivity index (χ1) is 14.2. The van der Waals surface area contributed by atoms with Crippen molar-refractivity contribution in [3.05, 3.63) is 47.3 Å². The van der Waals surface area contributed by atoms with Crippen LogP contribution in [-0.4, -0.2) is 43.8 Å². The molecule has 154 valence electrons. The summed E-state index contributed by atoms with van der Waals surface area (Å²) in [5, 5.41) is 2.94. The molecule has 1 N–H and O–H groups in total. The first kappa shape index (κ1) is 19.6. The first-order valence-corrected chi connectivity index (χ1v) is 10.8. The van der Waals surface area contributed by atoms with Gasteiger partial charge >= 0.3 is 0 Å². The lowest BCUT2D eigenvalue weighted by Crippen LogP contribution is -2.44. The van der Waals surface area contributed by atoms with E-state index in [1.807, 2.05) is 21.6 Å². The van der Waals surface area contributed by atoms with Crippen LogP contribution in [0.25, 0.3) is 0 Å². The molecule has 1 fully saturated rings. The van der Waals surface area contributed by atoms with Gasteiger partial charge in [0.15, 0.2) is 5.82 Å². The van der Waals surface area contributed by atoms with Crippen molar-refractivity contribution in [3.8, 4) is 0 Å². The smallest absolute Gasteiger partial charge is 0.287 e. The van der Waals surface area contributed by atoms with E-state index in [2.05, 4.69) is 22.2 Å². The van der Waals surface area contributed by atoms with Gasteiger partial charge in [0.2, 0.25) is 0 Å². The third-order valence-corrected chi connectivity index (χ3v) is 6.09. The maximum absolute atomic E-state index is 13.4. The highest BCUT2D eigenvalue weighted by atomic mass is 16.2. The highest BCUT2D eigenvalue weighted by molar-refractivity contribution is 5.97. The highest BCUT2D eigenvalue weighted by Crippen LogP contribution is 2.26. The van der Waals surface area contributed by atoms with Crippen molar-refractivity contribution in [2.75, 3.05) is 6.54 Å². The first-order valence-electron chi connectivity index (χ1n) is 10.8. The predicted octanol–water partition coefficient (Wildman–Crippen LogP) is 2.95. The number of likely N-dealkylation sites (tertiary alicyclic amines) is 1. The van der Waals surface area contributed by atoms with Crippen molar-refractivity contribution in [3.63, 3.8) is 0 Å². The number of nitrogens with zero attached hydrogens (tertiary/aromatic N) is 4. The molecule has 1 unspecified atom stereocenters. The Labute approximate surface area is 171 Å². The normalized spacial score (nSPS) is 18.9. The number of imidazole rings is 1. The van der Waals surface area contributed by atoms with Gasteiger partial charge in [-0.05, 0) is 62.6 Å². The van der Waals surface area contributed by atoms with Gasteiger partial charge in [0.1, 0.15) is 5.69 Å². The van der Waals surface area contributed by atoms with Gasteiger partial charge in [-0.25, -0.2) is 4.98 Å². The van der Waals surface area contributed by atoms with E-state index in [9.17, 15) is 9.59 Å². The van der Waals surface area contributed by atoms with E-state index in [0.29, 0.717) is 18.1 Å². The van der Waals surface area contributed by atoms with Crippen LogP contribution < -0.4 is 5.32 Å². The molecule has 7 nitrogen and oxygen atoms in total. The molecule has 4 rings (SSSR count). The number of aromatic nitrogens is 3. The molecule has 0 aliphatic carbocycles. The predicted molar refractivity (Wildman–Crippen MR) is 110 cm³/mol. The van der Waals surface area contributed by atoms with Gasteiger partial charge in [0, 0.05) is 38.1 Å². The molecule has 7 heteroatoms. The van der Waals surface area contributed by atoms with Crippen molar-refractivity contribution < 1.29 is 9.59 Å². The van der Waals surface area contributed by atoms with E-state index in [4.69, 9.17) is 0 Å². The molecule has 1 saturated heterocycles. The quantitative estimate of drug-likeness (QED) is 0.844. The number of pyridine rings is 1. The molecule has 2 aromatic rings. The number of amides is 2. The van der Waals surface area contributed by atoms with E-state index < -0.39 is 0 Å². The van der Waals surface area contributed by atoms with E-state index in [1.54, 1.807) is 12.4 Å². The molecular weight excluding hydrogens is 366 g/mol. The van der Waals surface area contributed by atoms with Crippen molar-refractivity contribution in [2.45, 2.75) is 71.0 Å². The van der Waals surface area contributed by atoms with E-state index >= 15 is 0 Å². The summed E-state index contributed by atoms with van der Waals surface area (Å²) in [4.78, 5) is 36.8. The highest BCUT2D eigenvalue weighted by Gasteiger charge is 2.33. The van der Waals surface area contributed by atoms with Crippen LogP contribution in [-0.2, 0) is 19.5 Å². The van der Waals surface area contributed by atoms with Crippen LogP contribution in [0.4, 0.5) is 0 Å². The Morgan fingerprint density at radius 1 is 1.14 bits per heavy atom. The third kappa shape index (κ3) is 4.04. The summed E-state index contributed by atoms with van der Waals surface area (Å²) in [6, 6.07) is 4.02. The van der Waals surface area contributed by atoms with E-state index in [1.165, 1.54) is 6.42 Å². The number of carbonyl (C=O) groups is 2. The zero-order valence-electron chi connectivity index (χ0n) is 17.1. The number of hydrogen-bond acceptors (Lipinski definition) is 4. The van der Waals surface area contributed by atoms with Crippen molar-refractivity contribution >= 4 is 11.8 Å². The molecular formula is C22H29N5O2. The summed E-state index contributed by atoms with van der Waals surface area (Å²) in [7, 11) is 0. The SMILES string of the molecule is CCC1CCCCN1C(=O)c1nc(C(=O)NCc2ccncc2)n2c1CCCC2. The zero-order valence-corrected chi connectivity index (χ0v) is 17.1. The second kappa shape index (κ2) is 8.76. The second-order valence-electron chi connectivity index (χ2n) is 7.93. The van der Waals surface area contributed by atoms with Gasteiger partial charge < -0.3 is 14.8 Å². The zero-order chi connectivity index (χ0) is 20.2. The standard InChI is InChI=1S/C22H29N5O2/c1-2-17-7-3-5-13-26(17)22(29)19-18-8-4-6-14-27(18)20(25-19)21(28)24-15-16-9-11-23-12-10-16/h9-12,17H,2-8,13-15H2,1H3,(H,24,28). The minimum Gasteiger partial charge on any atom is -0.345 e. The lowest BCUT2D eigenvalue weighted by atomic mass is 9.99. The van der Waals surface area contributed by atoms with Gasteiger partial charge in [-0.1, -0.05) is 6.92 Å². The summed E-state index contributed by atoms with van der Waals surface area (Å²) in [6.45, 7) is 4.08. The van der Waals surface area contributed by atoms with Gasteiger partial charge in [0.25, 0.3) is 11.8 Å². The average molecular weight is 396 g/mol. The van der Waals surface area contributed by atoms with Crippen molar-refractivity contribution in [1.82, 2.24) is 24.8 Å². The maximum atomic E-state index is 13.4. The number of hydrogen-bond donors (Lipinski definition) is 1. The topological polar surface area (TPSA) is 80.1 Å². The Hall–Kier alpha value is -2.70.